The van der Waals surface area contributed by atoms with Gasteiger partial charge in [0.05, 0.1) is 37.4 Å². The first-order chi connectivity index (χ1) is 15.3. The maximum atomic E-state index is 13.5. The van der Waals surface area contributed by atoms with Gasteiger partial charge in [-0.05, 0) is 55.8 Å². The van der Waals surface area contributed by atoms with Gasteiger partial charge in [0.25, 0.3) is 5.91 Å². The van der Waals surface area contributed by atoms with E-state index in [0.717, 1.165) is 36.8 Å². The molecule has 0 saturated carbocycles. The molecule has 32 heavy (non-hydrogen) atoms. The van der Waals surface area contributed by atoms with Crippen LogP contribution in [0, 0.1) is 3.82 Å². The van der Waals surface area contributed by atoms with Crippen molar-refractivity contribution in [2.24, 2.45) is 0 Å². The molecule has 0 saturated heterocycles. The molecule has 0 aliphatic carbocycles. The number of rotatable bonds is 5. The number of carbonyl (C=O) groups is 1. The number of amides is 1. The Balaban J connectivity index is 1.77. The number of fused-ring (bicyclic) bond motifs is 3. The molecule has 0 bridgehead atoms. The van der Waals surface area contributed by atoms with Crippen LogP contribution < -0.4 is 19.1 Å². The van der Waals surface area contributed by atoms with Gasteiger partial charge in [-0.1, -0.05) is 39.0 Å². The van der Waals surface area contributed by atoms with Crippen molar-refractivity contribution in [1.29, 1.82) is 0 Å². The van der Waals surface area contributed by atoms with Gasteiger partial charge < -0.3 is 14.2 Å². The molecule has 1 amide bonds. The number of nitrogens with zero attached hydrogens (tertiary/aromatic N) is 1. The van der Waals surface area contributed by atoms with E-state index in [1.807, 2.05) is 41.3 Å². The summed E-state index contributed by atoms with van der Waals surface area (Å²) in [6, 6.07) is 11.3. The van der Waals surface area contributed by atoms with E-state index in [4.69, 9.17) is 26.4 Å². The number of ether oxygens (including phenoxy) is 3. The van der Waals surface area contributed by atoms with E-state index in [0.29, 0.717) is 11.5 Å². The van der Waals surface area contributed by atoms with Gasteiger partial charge >= 0.3 is 0 Å². The summed E-state index contributed by atoms with van der Waals surface area (Å²) in [6.45, 7) is 4.11. The molecular weight excluding hydrogens is 462 g/mol. The average molecular weight is 486 g/mol. The first-order valence-corrected chi connectivity index (χ1v) is 12.4. The Hall–Kier alpha value is -2.68. The van der Waals surface area contributed by atoms with Gasteiger partial charge in [-0.2, -0.15) is 0 Å². The molecule has 0 fully saturated rings. The average Bonchev–Trinajstić information content (AvgIpc) is 3.19. The van der Waals surface area contributed by atoms with Crippen LogP contribution in [0.4, 0.5) is 5.69 Å². The summed E-state index contributed by atoms with van der Waals surface area (Å²) < 4.78 is 16.9. The third kappa shape index (κ3) is 3.72. The van der Waals surface area contributed by atoms with Crippen molar-refractivity contribution in [2.45, 2.75) is 19.4 Å². The Kier molecular flexibility index (Phi) is 6.11. The number of carbonyl (C=O) groups excluding carboxylic acids is 1. The summed E-state index contributed by atoms with van der Waals surface area (Å²) in [6.07, 6.45) is 3.38. The zero-order valence-corrected chi connectivity index (χ0v) is 20.9. The first kappa shape index (κ1) is 22.5. The van der Waals surface area contributed by atoms with Crippen LogP contribution in [0.15, 0.2) is 42.5 Å². The zero-order valence-electron chi connectivity index (χ0n) is 18.4. The topological polar surface area (TPSA) is 48.0 Å². The fraction of sp³-hybridized carbons (Fsp3) is 0.250. The van der Waals surface area contributed by atoms with E-state index < -0.39 is 5.54 Å². The Labute approximate surface area is 199 Å². The van der Waals surface area contributed by atoms with Crippen LogP contribution in [-0.4, -0.2) is 27.2 Å². The van der Waals surface area contributed by atoms with Crippen molar-refractivity contribution < 1.29 is 19.0 Å². The van der Waals surface area contributed by atoms with Crippen LogP contribution in [0.25, 0.3) is 17.2 Å². The highest BCUT2D eigenvalue weighted by atomic mass is 32.9. The van der Waals surface area contributed by atoms with Crippen molar-refractivity contribution in [3.63, 3.8) is 0 Å². The van der Waals surface area contributed by atoms with Crippen molar-refractivity contribution >= 4 is 50.6 Å². The second-order valence-corrected chi connectivity index (χ2v) is 10.5. The fourth-order valence-electron chi connectivity index (χ4n) is 3.93. The van der Waals surface area contributed by atoms with Crippen LogP contribution in [0.2, 0.25) is 0 Å². The van der Waals surface area contributed by atoms with E-state index in [1.165, 1.54) is 0 Å². The van der Waals surface area contributed by atoms with Gasteiger partial charge in [-0.15, -0.1) is 0 Å². The molecule has 1 aromatic heterocycles. The van der Waals surface area contributed by atoms with Gasteiger partial charge in [0.1, 0.15) is 9.57 Å². The summed E-state index contributed by atoms with van der Waals surface area (Å²) in [4.78, 5) is 16.4. The molecule has 0 spiro atoms. The van der Waals surface area contributed by atoms with Gasteiger partial charge in [-0.3, -0.25) is 9.69 Å². The second-order valence-electron chi connectivity index (χ2n) is 7.72. The summed E-state index contributed by atoms with van der Waals surface area (Å²) in [7, 11) is 8.01. The van der Waals surface area contributed by atoms with Crippen LogP contribution in [0.3, 0.4) is 0 Å². The second kappa shape index (κ2) is 8.69. The minimum absolute atomic E-state index is 0.119. The summed E-state index contributed by atoms with van der Waals surface area (Å²) in [5, 5.41) is 0. The minimum atomic E-state index is -0.547. The molecule has 8 heteroatoms. The van der Waals surface area contributed by atoms with Crippen LogP contribution in [-0.2, 0) is 10.3 Å². The van der Waals surface area contributed by atoms with E-state index in [1.54, 1.807) is 54.2 Å². The quantitative estimate of drug-likeness (QED) is 0.234. The van der Waals surface area contributed by atoms with E-state index in [9.17, 15) is 4.79 Å². The monoisotopic (exact) mass is 485 g/mol. The molecule has 2 aromatic carbocycles. The highest BCUT2D eigenvalue weighted by Crippen LogP contribution is 2.52. The van der Waals surface area contributed by atoms with E-state index in [2.05, 4.69) is 13.8 Å². The normalized spacial score (nSPS) is 14.1. The third-order valence-electron chi connectivity index (χ3n) is 5.51. The minimum Gasteiger partial charge on any atom is -0.497 e. The number of benzene rings is 2. The lowest BCUT2D eigenvalue weighted by molar-refractivity contribution is -0.115. The number of hydrogen-bond donors (Lipinski definition) is 0. The molecule has 0 N–H and O–H groups in total. The lowest BCUT2D eigenvalue weighted by atomic mass is 9.87. The molecule has 166 valence electrons. The fourth-order valence-corrected chi connectivity index (χ4v) is 7.21. The Morgan fingerprint density at radius 2 is 1.75 bits per heavy atom. The highest BCUT2D eigenvalue weighted by molar-refractivity contribution is 7.80. The maximum absolute atomic E-state index is 13.5. The molecule has 0 unspecified atom stereocenters. The standard InChI is InChI=1S/C24H23NO4S3/c1-24(2)22-21(23(30)32-31-22)16-13-15(27-3)8-9-17(16)25(24)20(26)11-7-14-6-10-18(28-4)19(12-14)29-5/h6-13H,1-5H3/b11-7+. The third-order valence-corrected chi connectivity index (χ3v) is 8.84. The largest absolute Gasteiger partial charge is 0.497 e. The van der Waals surface area contributed by atoms with Crippen molar-refractivity contribution in [1.82, 2.24) is 0 Å². The van der Waals surface area contributed by atoms with Crippen molar-refractivity contribution in [3.8, 4) is 28.4 Å². The Morgan fingerprint density at radius 3 is 2.44 bits per heavy atom. The molecule has 1 aliphatic rings. The van der Waals surface area contributed by atoms with Gasteiger partial charge in [-0.25, -0.2) is 0 Å². The summed E-state index contributed by atoms with van der Waals surface area (Å²) in [5.41, 5.74) is 3.07. The molecule has 5 nitrogen and oxygen atoms in total. The van der Waals surface area contributed by atoms with Crippen LogP contribution in [0.5, 0.6) is 17.2 Å². The van der Waals surface area contributed by atoms with E-state index >= 15 is 0 Å². The maximum Gasteiger partial charge on any atom is 0.251 e. The Bertz CT molecular complexity index is 1270. The summed E-state index contributed by atoms with van der Waals surface area (Å²) in [5.74, 6) is 1.86. The number of methoxy groups -OCH3 is 3. The molecular formula is C24H23NO4S3. The smallest absolute Gasteiger partial charge is 0.251 e. The van der Waals surface area contributed by atoms with Crippen molar-refractivity contribution in [2.75, 3.05) is 26.2 Å². The highest BCUT2D eigenvalue weighted by Gasteiger charge is 2.42. The first-order valence-electron chi connectivity index (χ1n) is 9.88. The molecule has 3 aromatic rings. The predicted octanol–water partition coefficient (Wildman–Crippen LogP) is 6.53. The van der Waals surface area contributed by atoms with E-state index in [-0.39, 0.29) is 5.91 Å². The molecule has 0 radical (unpaired) electrons. The summed E-state index contributed by atoms with van der Waals surface area (Å²) >= 11 is 5.64. The molecule has 4 rings (SSSR count). The SMILES string of the molecule is COc1ccc2c(c1)-c1c(ssc1=S)C(C)(C)N2C(=O)/C=C/c1ccc(OC)c(OC)c1. The predicted molar refractivity (Wildman–Crippen MR) is 134 cm³/mol. The van der Waals surface area contributed by atoms with Crippen molar-refractivity contribution in [3.05, 3.63) is 56.7 Å². The molecule has 0 atom stereocenters. The molecule has 1 aliphatic heterocycles. The lowest BCUT2D eigenvalue weighted by Gasteiger charge is -2.42. The zero-order chi connectivity index (χ0) is 23.0. The number of anilines is 1. The molecule has 2 heterocycles. The van der Waals surface area contributed by atoms with Crippen LogP contribution in [0.1, 0.15) is 24.3 Å². The number of hydrogen-bond acceptors (Lipinski definition) is 7. The van der Waals surface area contributed by atoms with Gasteiger partial charge in [0.2, 0.25) is 0 Å². The van der Waals surface area contributed by atoms with Crippen LogP contribution >= 0.6 is 32.9 Å². The Morgan fingerprint density at radius 1 is 1.00 bits per heavy atom. The van der Waals surface area contributed by atoms with Gasteiger partial charge in [0, 0.05) is 17.2 Å². The van der Waals surface area contributed by atoms with Gasteiger partial charge in [0.15, 0.2) is 11.5 Å². The lowest BCUT2D eigenvalue weighted by Crippen LogP contribution is -2.47.